The summed E-state index contributed by atoms with van der Waals surface area (Å²) in [5.41, 5.74) is -9.87. The average molecular weight is 418 g/mol. The Bertz CT molecular complexity index is 941. The lowest BCUT2D eigenvalue weighted by Gasteiger charge is -2.19. The Morgan fingerprint density at radius 2 is 0.767 bits per heavy atom. The minimum absolute atomic E-state index is 0.777. The summed E-state index contributed by atoms with van der Waals surface area (Å²) in [6.07, 6.45) is 0. The lowest BCUT2D eigenvalue weighted by atomic mass is 9.85. The number of rotatable bonds is 9. The molecule has 0 bridgehead atoms. The summed E-state index contributed by atoms with van der Waals surface area (Å²) in [6, 6.07) is 10.0. The van der Waals surface area contributed by atoms with Crippen LogP contribution in [0.15, 0.2) is 60.7 Å². The van der Waals surface area contributed by atoms with Gasteiger partial charge in [0.25, 0.3) is 0 Å². The molecule has 0 aromatic heterocycles. The number of hydrogen-bond acceptors (Lipinski definition) is 10. The van der Waals surface area contributed by atoms with E-state index >= 15 is 0 Å². The third-order valence-electron chi connectivity index (χ3n) is 4.25. The third kappa shape index (κ3) is 2.92. The van der Waals surface area contributed by atoms with Crippen molar-refractivity contribution >= 4 is 11.6 Å². The fourth-order valence-corrected chi connectivity index (χ4v) is 2.81. The predicted octanol–water partition coefficient (Wildman–Crippen LogP) is 0.937. The first-order chi connectivity index (χ1) is 14.0. The van der Waals surface area contributed by atoms with E-state index in [-0.39, 0.29) is 0 Å². The van der Waals surface area contributed by atoms with Gasteiger partial charge in [-0.15, -0.1) is 0 Å². The van der Waals surface area contributed by atoms with Crippen LogP contribution in [0.1, 0.15) is 11.1 Å². The number of benzene rings is 2. The first-order valence-corrected chi connectivity index (χ1v) is 7.83. The Morgan fingerprint density at radius 1 is 0.533 bits per heavy atom. The molecule has 0 atom stereocenters. The predicted molar refractivity (Wildman–Crippen MR) is 94.2 cm³/mol. The minimum atomic E-state index is -4.02. The maximum absolute atomic E-state index is 12.8. The highest BCUT2D eigenvalue weighted by Gasteiger charge is 2.78. The molecular formula is C16H10N4O10. The highest BCUT2D eigenvalue weighted by molar-refractivity contribution is 6.41. The Balaban J connectivity index is 2.87. The minimum Gasteiger partial charge on any atom is -0.273 e. The van der Waals surface area contributed by atoms with Gasteiger partial charge >= 0.3 is 22.9 Å². The molecule has 2 aromatic rings. The average Bonchev–Trinajstić information content (AvgIpc) is 2.69. The number of carbonyl (C=O) groups excluding carboxylic acids is 2. The van der Waals surface area contributed by atoms with Crippen LogP contribution in [0.4, 0.5) is 0 Å². The van der Waals surface area contributed by atoms with Gasteiger partial charge < -0.3 is 0 Å². The second kappa shape index (κ2) is 7.78. The molecule has 2 rings (SSSR count). The highest BCUT2D eigenvalue weighted by atomic mass is 16.7. The van der Waals surface area contributed by atoms with Crippen molar-refractivity contribution in [2.75, 3.05) is 0 Å². The standard InChI is InChI=1S/C16H10N4O10/c21-13(15(17(23)24,18(25)26)11-7-3-1-4-8-11)14(22)16(19(27)28,20(29)30)12-9-5-2-6-10-12/h1-10H. The summed E-state index contributed by atoms with van der Waals surface area (Å²) >= 11 is 0. The summed E-state index contributed by atoms with van der Waals surface area (Å²) in [4.78, 5) is 65.4. The Morgan fingerprint density at radius 3 is 0.967 bits per heavy atom. The molecule has 0 aliphatic carbocycles. The van der Waals surface area contributed by atoms with Crippen molar-refractivity contribution < 1.29 is 29.3 Å². The van der Waals surface area contributed by atoms with Gasteiger partial charge in [0.2, 0.25) is 0 Å². The monoisotopic (exact) mass is 418 g/mol. The molecule has 0 fully saturated rings. The van der Waals surface area contributed by atoms with E-state index in [1.807, 2.05) is 0 Å². The van der Waals surface area contributed by atoms with Crippen LogP contribution in [0.5, 0.6) is 0 Å². The zero-order chi connectivity index (χ0) is 22.7. The number of ketones is 2. The summed E-state index contributed by atoms with van der Waals surface area (Å²) in [6.45, 7) is 0. The van der Waals surface area contributed by atoms with Gasteiger partial charge in [-0.25, -0.2) is 0 Å². The van der Waals surface area contributed by atoms with Gasteiger partial charge in [0.15, 0.2) is 0 Å². The number of Topliss-reactive ketones (excluding diaryl/α,β-unsaturated/α-hetero) is 2. The molecule has 0 saturated heterocycles. The van der Waals surface area contributed by atoms with Crippen LogP contribution in [-0.2, 0) is 20.9 Å². The van der Waals surface area contributed by atoms with Crippen LogP contribution in [0, 0.1) is 40.5 Å². The number of nitro groups is 4. The second-order valence-corrected chi connectivity index (χ2v) is 5.76. The highest BCUT2D eigenvalue weighted by Crippen LogP contribution is 2.34. The summed E-state index contributed by atoms with van der Waals surface area (Å²) in [5, 5.41) is 46.7. The first kappa shape index (κ1) is 21.7. The van der Waals surface area contributed by atoms with Crippen molar-refractivity contribution in [3.05, 3.63) is 112 Å². The van der Waals surface area contributed by atoms with E-state index in [1.54, 1.807) is 0 Å². The molecule has 154 valence electrons. The van der Waals surface area contributed by atoms with E-state index in [9.17, 15) is 50.0 Å². The molecule has 0 aliphatic heterocycles. The van der Waals surface area contributed by atoms with Crippen molar-refractivity contribution in [3.63, 3.8) is 0 Å². The fraction of sp³-hybridized carbons (Fsp3) is 0.125. The van der Waals surface area contributed by atoms with Crippen molar-refractivity contribution in [3.8, 4) is 0 Å². The van der Waals surface area contributed by atoms with Gasteiger partial charge in [-0.3, -0.25) is 50.0 Å². The van der Waals surface area contributed by atoms with E-state index in [2.05, 4.69) is 0 Å². The molecule has 0 spiro atoms. The molecule has 0 aliphatic rings. The molecule has 0 unspecified atom stereocenters. The third-order valence-corrected chi connectivity index (χ3v) is 4.25. The van der Waals surface area contributed by atoms with E-state index in [1.165, 1.54) is 12.1 Å². The second-order valence-electron chi connectivity index (χ2n) is 5.76. The van der Waals surface area contributed by atoms with Crippen LogP contribution in [0.3, 0.4) is 0 Å². The Hall–Kier alpha value is -4.62. The van der Waals surface area contributed by atoms with Crippen LogP contribution in [-0.4, -0.2) is 31.3 Å². The van der Waals surface area contributed by atoms with Crippen LogP contribution in [0.25, 0.3) is 0 Å². The van der Waals surface area contributed by atoms with Gasteiger partial charge in [0, 0.05) is 0 Å². The Labute approximate surface area is 165 Å². The molecule has 2 aromatic carbocycles. The SMILES string of the molecule is O=C(C(=O)C(c1ccccc1)([N+](=O)[O-])[N+](=O)[O-])C(c1ccccc1)([N+](=O)[O-])[N+](=O)[O-]. The summed E-state index contributed by atoms with van der Waals surface area (Å²) < 4.78 is 0. The lowest BCUT2D eigenvalue weighted by Crippen LogP contribution is -2.61. The van der Waals surface area contributed by atoms with Gasteiger partial charge in [-0.2, -0.15) is 0 Å². The molecule has 0 radical (unpaired) electrons. The number of carbonyl (C=O) groups is 2. The molecule has 30 heavy (non-hydrogen) atoms. The summed E-state index contributed by atoms with van der Waals surface area (Å²) in [5.74, 6) is -5.08. The molecule has 0 amide bonds. The summed E-state index contributed by atoms with van der Waals surface area (Å²) in [7, 11) is 0. The van der Waals surface area contributed by atoms with Gasteiger partial charge in [0.1, 0.15) is 30.8 Å². The number of hydrogen-bond donors (Lipinski definition) is 0. The fourth-order valence-electron chi connectivity index (χ4n) is 2.81. The first-order valence-electron chi connectivity index (χ1n) is 7.83. The maximum atomic E-state index is 12.8. The van der Waals surface area contributed by atoms with Gasteiger partial charge in [-0.05, 0) is 24.3 Å². The van der Waals surface area contributed by atoms with Crippen molar-refractivity contribution in [2.24, 2.45) is 0 Å². The van der Waals surface area contributed by atoms with Gasteiger partial charge in [0.05, 0.1) is 0 Å². The molecule has 14 nitrogen and oxygen atoms in total. The Kier molecular flexibility index (Phi) is 5.62. The van der Waals surface area contributed by atoms with Crippen molar-refractivity contribution in [1.82, 2.24) is 0 Å². The van der Waals surface area contributed by atoms with Crippen LogP contribution in [0.2, 0.25) is 0 Å². The molecule has 0 N–H and O–H groups in total. The largest absolute Gasteiger partial charge is 0.550 e. The quantitative estimate of drug-likeness (QED) is 0.243. The molecule has 0 heterocycles. The molecule has 0 saturated carbocycles. The van der Waals surface area contributed by atoms with E-state index in [0.717, 1.165) is 48.5 Å². The lowest BCUT2D eigenvalue weighted by molar-refractivity contribution is -0.794. The molecular weight excluding hydrogens is 408 g/mol. The zero-order valence-corrected chi connectivity index (χ0v) is 14.6. The molecule has 14 heteroatoms. The van der Waals surface area contributed by atoms with E-state index < -0.39 is 53.7 Å². The van der Waals surface area contributed by atoms with Gasteiger partial charge in [-0.1, -0.05) is 36.4 Å². The zero-order valence-electron chi connectivity index (χ0n) is 14.6. The van der Waals surface area contributed by atoms with Crippen molar-refractivity contribution in [1.29, 1.82) is 0 Å². The normalized spacial score (nSPS) is 11.3. The maximum Gasteiger partial charge on any atom is 0.550 e. The number of nitrogens with zero attached hydrogens (tertiary/aromatic N) is 4. The topological polar surface area (TPSA) is 207 Å². The smallest absolute Gasteiger partial charge is 0.273 e. The van der Waals surface area contributed by atoms with Crippen LogP contribution >= 0.6 is 0 Å². The van der Waals surface area contributed by atoms with Crippen LogP contribution < -0.4 is 0 Å². The van der Waals surface area contributed by atoms with E-state index in [4.69, 9.17) is 0 Å². The van der Waals surface area contributed by atoms with E-state index in [0.29, 0.717) is 0 Å². The van der Waals surface area contributed by atoms with Crippen molar-refractivity contribution in [2.45, 2.75) is 11.3 Å².